The summed E-state index contributed by atoms with van der Waals surface area (Å²) >= 11 is 8.15. The summed E-state index contributed by atoms with van der Waals surface area (Å²) in [6, 6.07) is 13.4. The Labute approximate surface area is 194 Å². The number of aromatic nitrogens is 3. The van der Waals surface area contributed by atoms with E-state index in [1.807, 2.05) is 28.9 Å². The van der Waals surface area contributed by atoms with E-state index in [1.54, 1.807) is 24.8 Å². The third-order valence-corrected chi connectivity index (χ3v) is 7.04. The lowest BCUT2D eigenvalue weighted by Crippen LogP contribution is -2.17. The summed E-state index contributed by atoms with van der Waals surface area (Å²) in [6.07, 6.45) is 0. The van der Waals surface area contributed by atoms with E-state index in [0.717, 1.165) is 28.5 Å². The molecule has 1 aliphatic heterocycles. The number of nitrogens with one attached hydrogen (secondary N) is 1. The number of rotatable bonds is 4. The third kappa shape index (κ3) is 3.51. The van der Waals surface area contributed by atoms with Gasteiger partial charge in [0, 0.05) is 22.6 Å². The van der Waals surface area contributed by atoms with Crippen LogP contribution in [0.1, 0.15) is 38.5 Å². The summed E-state index contributed by atoms with van der Waals surface area (Å²) in [5.41, 5.74) is 6.78. The molecule has 0 aliphatic carbocycles. The van der Waals surface area contributed by atoms with Crippen LogP contribution in [0.15, 0.2) is 47.0 Å². The number of aryl methyl sites for hydroxylation is 3. The molecule has 1 aliphatic rings. The van der Waals surface area contributed by atoms with E-state index in [1.165, 1.54) is 11.1 Å². The Morgan fingerprint density at radius 3 is 2.72 bits per heavy atom. The molecule has 0 bridgehead atoms. The first-order chi connectivity index (χ1) is 15.4. The van der Waals surface area contributed by atoms with Crippen LogP contribution in [0.3, 0.4) is 0 Å². The fraction of sp³-hybridized carbons (Fsp3) is 0.208. The van der Waals surface area contributed by atoms with Crippen LogP contribution in [0.25, 0.3) is 16.9 Å². The Bertz CT molecular complexity index is 1360. The molecule has 0 spiro atoms. The highest BCUT2D eigenvalue weighted by molar-refractivity contribution is 7.98. The summed E-state index contributed by atoms with van der Waals surface area (Å²) in [5, 5.41) is 12.5. The van der Waals surface area contributed by atoms with Crippen molar-refractivity contribution < 1.29 is 9.32 Å². The SMILES string of the molecule is Cc1ccc(-n2nc3c(c2NC(=O)c2c(-c4ccccc4Cl)noc2C)CSC3)cc1C. The number of nitrogens with zero attached hydrogens (tertiary/aromatic N) is 3. The molecule has 0 unspecified atom stereocenters. The zero-order chi connectivity index (χ0) is 22.4. The maximum atomic E-state index is 13.5. The van der Waals surface area contributed by atoms with Gasteiger partial charge in [0.15, 0.2) is 0 Å². The van der Waals surface area contributed by atoms with Crippen molar-refractivity contribution in [1.82, 2.24) is 14.9 Å². The minimum atomic E-state index is -0.302. The highest BCUT2D eigenvalue weighted by Gasteiger charge is 2.28. The predicted octanol–water partition coefficient (Wildman–Crippen LogP) is 6.11. The molecule has 0 atom stereocenters. The number of hydrogen-bond donors (Lipinski definition) is 1. The summed E-state index contributed by atoms with van der Waals surface area (Å²) in [4.78, 5) is 13.5. The number of carbonyl (C=O) groups excluding carboxylic acids is 1. The maximum absolute atomic E-state index is 13.5. The van der Waals surface area contributed by atoms with Gasteiger partial charge in [0.2, 0.25) is 0 Å². The Morgan fingerprint density at radius 2 is 1.94 bits per heavy atom. The number of halogens is 1. The molecule has 2 aromatic heterocycles. The van der Waals surface area contributed by atoms with Gasteiger partial charge < -0.3 is 9.84 Å². The van der Waals surface area contributed by atoms with Crippen molar-refractivity contribution in [2.45, 2.75) is 32.3 Å². The topological polar surface area (TPSA) is 73.0 Å². The second-order valence-electron chi connectivity index (χ2n) is 7.84. The number of thioether (sulfide) groups is 1. The van der Waals surface area contributed by atoms with Gasteiger partial charge in [-0.1, -0.05) is 41.0 Å². The summed E-state index contributed by atoms with van der Waals surface area (Å²) in [7, 11) is 0. The second kappa shape index (κ2) is 8.15. The third-order valence-electron chi connectivity index (χ3n) is 5.74. The Balaban J connectivity index is 1.57. The standard InChI is InChI=1S/C24H21ClN4O2S/c1-13-8-9-16(10-14(13)2)29-23(18-11-32-12-20(18)27-29)26-24(30)21-15(3)31-28-22(21)17-6-4-5-7-19(17)25/h4-10H,11-12H2,1-3H3,(H,26,30). The summed E-state index contributed by atoms with van der Waals surface area (Å²) in [5.74, 6) is 2.44. The highest BCUT2D eigenvalue weighted by Crippen LogP contribution is 2.37. The molecule has 3 heterocycles. The van der Waals surface area contributed by atoms with Gasteiger partial charge in [-0.25, -0.2) is 4.68 Å². The Kier molecular flexibility index (Phi) is 5.31. The monoisotopic (exact) mass is 464 g/mol. The maximum Gasteiger partial charge on any atom is 0.262 e. The van der Waals surface area contributed by atoms with Crippen LogP contribution < -0.4 is 5.32 Å². The van der Waals surface area contributed by atoms with E-state index >= 15 is 0 Å². The van der Waals surface area contributed by atoms with Crippen LogP contribution >= 0.6 is 23.4 Å². The van der Waals surface area contributed by atoms with Crippen molar-refractivity contribution in [1.29, 1.82) is 0 Å². The van der Waals surface area contributed by atoms with Gasteiger partial charge in [0.1, 0.15) is 22.8 Å². The first-order valence-electron chi connectivity index (χ1n) is 10.2. The van der Waals surface area contributed by atoms with Crippen LogP contribution in [0, 0.1) is 20.8 Å². The fourth-order valence-corrected chi connectivity index (χ4v) is 5.09. The molecule has 0 saturated heterocycles. The normalized spacial score (nSPS) is 12.8. The van der Waals surface area contributed by atoms with E-state index in [9.17, 15) is 4.79 Å². The van der Waals surface area contributed by atoms with E-state index in [0.29, 0.717) is 33.4 Å². The second-order valence-corrected chi connectivity index (χ2v) is 9.24. The molecular weight excluding hydrogens is 444 g/mol. The number of hydrogen-bond acceptors (Lipinski definition) is 5. The highest BCUT2D eigenvalue weighted by atomic mass is 35.5. The zero-order valence-corrected chi connectivity index (χ0v) is 19.5. The van der Waals surface area contributed by atoms with Gasteiger partial charge in [0.05, 0.1) is 16.4 Å². The van der Waals surface area contributed by atoms with Gasteiger partial charge in [-0.05, 0) is 50.1 Å². The molecule has 0 saturated carbocycles. The van der Waals surface area contributed by atoms with Gasteiger partial charge in [0.25, 0.3) is 5.91 Å². The first-order valence-corrected chi connectivity index (χ1v) is 11.8. The molecule has 0 fully saturated rings. The summed E-state index contributed by atoms with van der Waals surface area (Å²) in [6.45, 7) is 5.87. The molecule has 1 amide bonds. The molecule has 4 aromatic rings. The molecule has 5 rings (SSSR count). The molecule has 8 heteroatoms. The molecule has 32 heavy (non-hydrogen) atoms. The molecule has 6 nitrogen and oxygen atoms in total. The summed E-state index contributed by atoms with van der Waals surface area (Å²) < 4.78 is 7.21. The average Bonchev–Trinajstić information content (AvgIpc) is 3.46. The van der Waals surface area contributed by atoms with Crippen molar-refractivity contribution in [3.63, 3.8) is 0 Å². The van der Waals surface area contributed by atoms with Crippen molar-refractivity contribution in [2.75, 3.05) is 5.32 Å². The smallest absolute Gasteiger partial charge is 0.262 e. The fourth-order valence-electron chi connectivity index (χ4n) is 3.83. The van der Waals surface area contributed by atoms with E-state index in [2.05, 4.69) is 36.5 Å². The number of anilines is 1. The van der Waals surface area contributed by atoms with E-state index in [-0.39, 0.29) is 5.91 Å². The van der Waals surface area contributed by atoms with Crippen molar-refractivity contribution in [3.8, 4) is 16.9 Å². The number of benzene rings is 2. The molecule has 2 aromatic carbocycles. The van der Waals surface area contributed by atoms with Gasteiger partial charge >= 0.3 is 0 Å². The predicted molar refractivity (Wildman–Crippen MR) is 128 cm³/mol. The average molecular weight is 465 g/mol. The van der Waals surface area contributed by atoms with Crippen LogP contribution in [-0.4, -0.2) is 20.8 Å². The zero-order valence-electron chi connectivity index (χ0n) is 17.9. The molecule has 1 N–H and O–H groups in total. The van der Waals surface area contributed by atoms with Gasteiger partial charge in [-0.3, -0.25) is 4.79 Å². The van der Waals surface area contributed by atoms with E-state index < -0.39 is 0 Å². The minimum Gasteiger partial charge on any atom is -0.360 e. The van der Waals surface area contributed by atoms with Crippen LogP contribution in [-0.2, 0) is 11.5 Å². The number of amides is 1. The molecule has 162 valence electrons. The molecule has 0 radical (unpaired) electrons. The van der Waals surface area contributed by atoms with Crippen molar-refractivity contribution in [2.24, 2.45) is 0 Å². The molecular formula is C24H21ClN4O2S. The number of carbonyl (C=O) groups is 1. The van der Waals surface area contributed by atoms with Gasteiger partial charge in [-0.2, -0.15) is 16.9 Å². The van der Waals surface area contributed by atoms with Crippen molar-refractivity contribution >= 4 is 35.1 Å². The van der Waals surface area contributed by atoms with Gasteiger partial charge in [-0.15, -0.1) is 0 Å². The lowest BCUT2D eigenvalue weighted by atomic mass is 10.1. The Morgan fingerprint density at radius 1 is 1.12 bits per heavy atom. The minimum absolute atomic E-state index is 0.302. The Hall–Kier alpha value is -3.03. The quantitative estimate of drug-likeness (QED) is 0.394. The lowest BCUT2D eigenvalue weighted by molar-refractivity contribution is 0.102. The van der Waals surface area contributed by atoms with Crippen LogP contribution in [0.2, 0.25) is 5.02 Å². The van der Waals surface area contributed by atoms with E-state index in [4.69, 9.17) is 21.2 Å². The lowest BCUT2D eigenvalue weighted by Gasteiger charge is -2.13. The van der Waals surface area contributed by atoms with Crippen LogP contribution in [0.5, 0.6) is 0 Å². The largest absolute Gasteiger partial charge is 0.360 e. The van der Waals surface area contributed by atoms with Crippen molar-refractivity contribution in [3.05, 3.63) is 81.2 Å². The number of fused-ring (bicyclic) bond motifs is 1. The van der Waals surface area contributed by atoms with Crippen LogP contribution in [0.4, 0.5) is 5.82 Å². The first kappa shape index (κ1) is 20.8.